The first-order valence-electron chi connectivity index (χ1n) is 9.60. The van der Waals surface area contributed by atoms with E-state index in [9.17, 15) is 13.2 Å². The fourth-order valence-electron chi connectivity index (χ4n) is 3.33. The van der Waals surface area contributed by atoms with Gasteiger partial charge < -0.3 is 4.90 Å². The average molecular weight is 402 g/mol. The van der Waals surface area contributed by atoms with Crippen molar-refractivity contribution >= 4 is 15.9 Å². The number of carbonyl (C=O) groups is 1. The maximum Gasteiger partial charge on any atom is 0.243 e. The van der Waals surface area contributed by atoms with Crippen molar-refractivity contribution in [1.82, 2.24) is 14.1 Å². The SMILES string of the molecule is CCN(CC(=O)N1CCN(S(=O)(=O)c2ccccc2)CC1)Cc1ccccc1. The van der Waals surface area contributed by atoms with Crippen molar-refractivity contribution in [2.45, 2.75) is 18.4 Å². The quantitative estimate of drug-likeness (QED) is 0.712. The Morgan fingerprint density at radius 1 is 0.929 bits per heavy atom. The van der Waals surface area contributed by atoms with E-state index in [1.54, 1.807) is 35.2 Å². The normalized spacial score (nSPS) is 15.7. The number of piperazine rings is 1. The molecule has 0 aromatic heterocycles. The molecule has 1 saturated heterocycles. The summed E-state index contributed by atoms with van der Waals surface area (Å²) in [6.45, 7) is 5.40. The van der Waals surface area contributed by atoms with Gasteiger partial charge in [-0.3, -0.25) is 9.69 Å². The van der Waals surface area contributed by atoms with Gasteiger partial charge in [0.05, 0.1) is 11.4 Å². The van der Waals surface area contributed by atoms with Gasteiger partial charge in [-0.2, -0.15) is 4.31 Å². The van der Waals surface area contributed by atoms with E-state index in [-0.39, 0.29) is 5.91 Å². The molecule has 0 bridgehead atoms. The van der Waals surface area contributed by atoms with Crippen LogP contribution >= 0.6 is 0 Å². The van der Waals surface area contributed by atoms with Crippen LogP contribution in [0.1, 0.15) is 12.5 Å². The molecule has 150 valence electrons. The predicted molar refractivity (Wildman–Crippen MR) is 109 cm³/mol. The second kappa shape index (κ2) is 9.32. The molecule has 1 aliphatic heterocycles. The number of carbonyl (C=O) groups excluding carboxylic acids is 1. The molecular formula is C21H27N3O3S. The number of sulfonamides is 1. The molecule has 6 nitrogen and oxygen atoms in total. The number of hydrogen-bond acceptors (Lipinski definition) is 4. The summed E-state index contributed by atoms with van der Waals surface area (Å²) in [5.41, 5.74) is 1.18. The van der Waals surface area contributed by atoms with Crippen LogP contribution in [0.15, 0.2) is 65.6 Å². The van der Waals surface area contributed by atoms with E-state index in [1.807, 2.05) is 25.1 Å². The van der Waals surface area contributed by atoms with Gasteiger partial charge in [0.2, 0.25) is 15.9 Å². The lowest BCUT2D eigenvalue weighted by Crippen LogP contribution is -2.52. The molecular weight excluding hydrogens is 374 g/mol. The van der Waals surface area contributed by atoms with Crippen LogP contribution in [0.4, 0.5) is 0 Å². The maximum absolute atomic E-state index is 12.7. The number of likely N-dealkylation sites (N-methyl/N-ethyl adjacent to an activating group) is 1. The van der Waals surface area contributed by atoms with Crippen molar-refractivity contribution < 1.29 is 13.2 Å². The Morgan fingerprint density at radius 2 is 1.50 bits per heavy atom. The summed E-state index contributed by atoms with van der Waals surface area (Å²) >= 11 is 0. The minimum atomic E-state index is -3.49. The Morgan fingerprint density at radius 3 is 2.07 bits per heavy atom. The number of amides is 1. The van der Waals surface area contributed by atoms with Crippen LogP contribution in [0, 0.1) is 0 Å². The minimum Gasteiger partial charge on any atom is -0.339 e. The molecule has 1 heterocycles. The Kier molecular flexibility index (Phi) is 6.83. The molecule has 7 heteroatoms. The Balaban J connectivity index is 1.54. The van der Waals surface area contributed by atoms with Crippen LogP contribution in [-0.4, -0.2) is 67.7 Å². The van der Waals surface area contributed by atoms with E-state index in [0.717, 1.165) is 13.1 Å². The fraction of sp³-hybridized carbons (Fsp3) is 0.381. The molecule has 1 fully saturated rings. The molecule has 0 aliphatic carbocycles. The summed E-state index contributed by atoms with van der Waals surface area (Å²) in [6.07, 6.45) is 0. The highest BCUT2D eigenvalue weighted by Gasteiger charge is 2.30. The third-order valence-electron chi connectivity index (χ3n) is 5.03. The average Bonchev–Trinajstić information content (AvgIpc) is 2.74. The van der Waals surface area contributed by atoms with Gasteiger partial charge in [-0.05, 0) is 24.2 Å². The molecule has 28 heavy (non-hydrogen) atoms. The summed E-state index contributed by atoms with van der Waals surface area (Å²) in [5.74, 6) is 0.0505. The zero-order valence-electron chi connectivity index (χ0n) is 16.2. The van der Waals surface area contributed by atoms with Gasteiger partial charge in [0, 0.05) is 32.7 Å². The van der Waals surface area contributed by atoms with Gasteiger partial charge in [0.25, 0.3) is 0 Å². The van der Waals surface area contributed by atoms with Crippen LogP contribution in [-0.2, 0) is 21.4 Å². The van der Waals surface area contributed by atoms with E-state index in [4.69, 9.17) is 0 Å². The summed E-state index contributed by atoms with van der Waals surface area (Å²) < 4.78 is 26.9. The van der Waals surface area contributed by atoms with E-state index >= 15 is 0 Å². The number of benzene rings is 2. The first kappa shape index (κ1) is 20.5. The van der Waals surface area contributed by atoms with Crippen molar-refractivity contribution in [1.29, 1.82) is 0 Å². The second-order valence-electron chi connectivity index (χ2n) is 6.89. The molecule has 0 radical (unpaired) electrons. The summed E-state index contributed by atoms with van der Waals surface area (Å²) in [6, 6.07) is 18.5. The summed E-state index contributed by atoms with van der Waals surface area (Å²) in [4.78, 5) is 16.9. The van der Waals surface area contributed by atoms with Crippen LogP contribution < -0.4 is 0 Å². The third kappa shape index (κ3) is 4.98. The zero-order chi connectivity index (χ0) is 20.0. The molecule has 2 aromatic carbocycles. The van der Waals surface area contributed by atoms with Gasteiger partial charge in [0.1, 0.15) is 0 Å². The Bertz CT molecular complexity index is 864. The van der Waals surface area contributed by atoms with E-state index < -0.39 is 10.0 Å². The summed E-state index contributed by atoms with van der Waals surface area (Å²) in [5, 5.41) is 0. The van der Waals surface area contributed by atoms with Crippen LogP contribution in [0.5, 0.6) is 0 Å². The van der Waals surface area contributed by atoms with Crippen molar-refractivity contribution in [2.24, 2.45) is 0 Å². The minimum absolute atomic E-state index is 0.0505. The number of hydrogen-bond donors (Lipinski definition) is 0. The van der Waals surface area contributed by atoms with Crippen molar-refractivity contribution in [3.8, 4) is 0 Å². The topological polar surface area (TPSA) is 60.9 Å². The fourth-order valence-corrected chi connectivity index (χ4v) is 4.78. The van der Waals surface area contributed by atoms with Crippen molar-refractivity contribution in [2.75, 3.05) is 39.3 Å². The molecule has 0 spiro atoms. The molecule has 0 N–H and O–H groups in total. The van der Waals surface area contributed by atoms with Crippen molar-refractivity contribution in [3.05, 3.63) is 66.2 Å². The highest BCUT2D eigenvalue weighted by atomic mass is 32.2. The molecule has 0 atom stereocenters. The molecule has 2 aromatic rings. The molecule has 1 amide bonds. The number of nitrogens with zero attached hydrogens (tertiary/aromatic N) is 3. The second-order valence-corrected chi connectivity index (χ2v) is 8.82. The van der Waals surface area contributed by atoms with E-state index in [1.165, 1.54) is 9.87 Å². The standard InChI is InChI=1S/C21H27N3O3S/c1-2-22(17-19-9-5-3-6-10-19)18-21(25)23-13-15-24(16-14-23)28(26,27)20-11-7-4-8-12-20/h3-12H,2,13-18H2,1H3. The van der Waals surface area contributed by atoms with Gasteiger partial charge in [-0.1, -0.05) is 55.5 Å². The lowest BCUT2D eigenvalue weighted by molar-refractivity contribution is -0.133. The van der Waals surface area contributed by atoms with Gasteiger partial charge >= 0.3 is 0 Å². The van der Waals surface area contributed by atoms with Crippen LogP contribution in [0.25, 0.3) is 0 Å². The van der Waals surface area contributed by atoms with Crippen LogP contribution in [0.3, 0.4) is 0 Å². The Hall–Kier alpha value is -2.22. The van der Waals surface area contributed by atoms with E-state index in [2.05, 4.69) is 17.0 Å². The smallest absolute Gasteiger partial charge is 0.243 e. The highest BCUT2D eigenvalue weighted by Crippen LogP contribution is 2.17. The largest absolute Gasteiger partial charge is 0.339 e. The van der Waals surface area contributed by atoms with Crippen LogP contribution in [0.2, 0.25) is 0 Å². The lowest BCUT2D eigenvalue weighted by Gasteiger charge is -2.35. The zero-order valence-corrected chi connectivity index (χ0v) is 17.0. The van der Waals surface area contributed by atoms with Gasteiger partial charge in [-0.25, -0.2) is 8.42 Å². The van der Waals surface area contributed by atoms with Crippen molar-refractivity contribution in [3.63, 3.8) is 0 Å². The lowest BCUT2D eigenvalue weighted by atomic mass is 10.2. The van der Waals surface area contributed by atoms with E-state index in [0.29, 0.717) is 37.6 Å². The molecule has 1 aliphatic rings. The highest BCUT2D eigenvalue weighted by molar-refractivity contribution is 7.89. The monoisotopic (exact) mass is 401 g/mol. The number of rotatable bonds is 7. The molecule has 0 saturated carbocycles. The first-order chi connectivity index (χ1) is 13.5. The predicted octanol–water partition coefficient (Wildman–Crippen LogP) is 2.04. The summed E-state index contributed by atoms with van der Waals surface area (Å²) in [7, 11) is -3.49. The third-order valence-corrected chi connectivity index (χ3v) is 6.94. The molecule has 3 rings (SSSR count). The van der Waals surface area contributed by atoms with Gasteiger partial charge in [-0.15, -0.1) is 0 Å². The maximum atomic E-state index is 12.7. The Labute approximate surface area is 167 Å². The molecule has 0 unspecified atom stereocenters. The first-order valence-corrected chi connectivity index (χ1v) is 11.0. The van der Waals surface area contributed by atoms with Gasteiger partial charge in [0.15, 0.2) is 0 Å².